The Labute approximate surface area is 112 Å². The summed E-state index contributed by atoms with van der Waals surface area (Å²) in [5.41, 5.74) is 0.567. The summed E-state index contributed by atoms with van der Waals surface area (Å²) in [6, 6.07) is 6.93. The molecule has 1 rings (SSSR count). The molecule has 5 heteroatoms. The van der Waals surface area contributed by atoms with Crippen LogP contribution in [0.25, 0.3) is 0 Å². The Balaban J connectivity index is 2.78. The van der Waals surface area contributed by atoms with Crippen LogP contribution in [0.1, 0.15) is 19.8 Å². The van der Waals surface area contributed by atoms with Crippen LogP contribution in [0, 0.1) is 17.2 Å². The van der Waals surface area contributed by atoms with Crippen molar-refractivity contribution in [3.05, 3.63) is 23.2 Å². The van der Waals surface area contributed by atoms with Crippen molar-refractivity contribution in [3.8, 4) is 11.8 Å². The second-order valence-corrected chi connectivity index (χ2v) is 4.22. The lowest BCUT2D eigenvalue weighted by atomic mass is 10.0. The number of methoxy groups -OCH3 is 1. The molecule has 1 aromatic carbocycles. The number of ether oxygens (including phenoxy) is 1. The van der Waals surface area contributed by atoms with Crippen LogP contribution in [0.2, 0.25) is 5.02 Å². The summed E-state index contributed by atoms with van der Waals surface area (Å²) in [7, 11) is 1.50. The van der Waals surface area contributed by atoms with Crippen molar-refractivity contribution in [3.63, 3.8) is 0 Å². The van der Waals surface area contributed by atoms with E-state index in [0.717, 1.165) is 6.42 Å². The standard InChI is InChI=1S/C13H15ClN2O2/c1-3-4-9(8-15)13(17)16-10-5-6-11(14)12(7-10)18-2/h5-7,9H,3-4H2,1-2H3,(H,16,17). The molecule has 0 radical (unpaired) electrons. The first-order valence-corrected chi connectivity index (χ1v) is 6.04. The fourth-order valence-electron chi connectivity index (χ4n) is 1.51. The zero-order valence-corrected chi connectivity index (χ0v) is 11.1. The van der Waals surface area contributed by atoms with Gasteiger partial charge in [0.2, 0.25) is 5.91 Å². The Bertz CT molecular complexity index is 469. The lowest BCUT2D eigenvalue weighted by molar-refractivity contribution is -0.118. The molecule has 1 aromatic rings. The Morgan fingerprint density at radius 3 is 2.89 bits per heavy atom. The largest absolute Gasteiger partial charge is 0.495 e. The number of rotatable bonds is 5. The van der Waals surface area contributed by atoms with Crippen molar-refractivity contribution in [1.82, 2.24) is 0 Å². The summed E-state index contributed by atoms with van der Waals surface area (Å²) in [5.74, 6) is -0.445. The Morgan fingerprint density at radius 1 is 1.61 bits per heavy atom. The van der Waals surface area contributed by atoms with Gasteiger partial charge in [0.15, 0.2) is 0 Å². The van der Waals surface area contributed by atoms with Gasteiger partial charge in [-0.15, -0.1) is 0 Å². The van der Waals surface area contributed by atoms with E-state index >= 15 is 0 Å². The van der Waals surface area contributed by atoms with E-state index in [2.05, 4.69) is 5.32 Å². The normalized spacial score (nSPS) is 11.4. The molecule has 0 aliphatic heterocycles. The maximum atomic E-state index is 11.8. The molecular weight excluding hydrogens is 252 g/mol. The smallest absolute Gasteiger partial charge is 0.241 e. The molecule has 0 heterocycles. The summed E-state index contributed by atoms with van der Waals surface area (Å²) in [6.45, 7) is 1.93. The van der Waals surface area contributed by atoms with Gasteiger partial charge < -0.3 is 10.1 Å². The highest BCUT2D eigenvalue weighted by Gasteiger charge is 2.17. The molecule has 0 bridgehead atoms. The van der Waals surface area contributed by atoms with Crippen LogP contribution in [0.4, 0.5) is 5.69 Å². The topological polar surface area (TPSA) is 62.1 Å². The van der Waals surface area contributed by atoms with Crippen LogP contribution in [0.5, 0.6) is 5.75 Å². The number of amides is 1. The number of carbonyl (C=O) groups is 1. The molecule has 0 fully saturated rings. The number of nitriles is 1. The van der Waals surface area contributed by atoms with Crippen molar-refractivity contribution in [2.75, 3.05) is 12.4 Å². The zero-order chi connectivity index (χ0) is 13.5. The quantitative estimate of drug-likeness (QED) is 0.890. The van der Waals surface area contributed by atoms with Crippen LogP contribution < -0.4 is 10.1 Å². The van der Waals surface area contributed by atoms with Gasteiger partial charge in [-0.2, -0.15) is 5.26 Å². The predicted octanol–water partition coefficient (Wildman–Crippen LogP) is 3.23. The molecule has 1 N–H and O–H groups in total. The van der Waals surface area contributed by atoms with E-state index in [4.69, 9.17) is 21.6 Å². The van der Waals surface area contributed by atoms with Crippen molar-refractivity contribution in [2.45, 2.75) is 19.8 Å². The average Bonchev–Trinajstić information content (AvgIpc) is 2.38. The molecule has 1 unspecified atom stereocenters. The number of hydrogen-bond acceptors (Lipinski definition) is 3. The van der Waals surface area contributed by atoms with Crippen LogP contribution in [-0.4, -0.2) is 13.0 Å². The van der Waals surface area contributed by atoms with Crippen LogP contribution in [-0.2, 0) is 4.79 Å². The minimum absolute atomic E-state index is 0.302. The van der Waals surface area contributed by atoms with Gasteiger partial charge in [0.1, 0.15) is 11.7 Å². The number of halogens is 1. The molecule has 96 valence electrons. The van der Waals surface area contributed by atoms with Gasteiger partial charge in [-0.25, -0.2) is 0 Å². The number of hydrogen-bond donors (Lipinski definition) is 1. The van der Waals surface area contributed by atoms with Gasteiger partial charge in [-0.05, 0) is 18.6 Å². The van der Waals surface area contributed by atoms with E-state index in [1.165, 1.54) is 7.11 Å². The molecule has 18 heavy (non-hydrogen) atoms. The fourth-order valence-corrected chi connectivity index (χ4v) is 1.70. The molecule has 0 saturated heterocycles. The minimum atomic E-state index is -0.628. The Kier molecular flexibility index (Phi) is 5.47. The first kappa shape index (κ1) is 14.3. The molecule has 1 atom stereocenters. The SMILES string of the molecule is CCCC(C#N)C(=O)Nc1ccc(Cl)c(OC)c1. The van der Waals surface area contributed by atoms with E-state index in [0.29, 0.717) is 22.9 Å². The van der Waals surface area contributed by atoms with Crippen molar-refractivity contribution in [1.29, 1.82) is 5.26 Å². The Hall–Kier alpha value is -1.73. The predicted molar refractivity (Wildman–Crippen MR) is 70.6 cm³/mol. The van der Waals surface area contributed by atoms with Crippen molar-refractivity contribution in [2.24, 2.45) is 5.92 Å². The second kappa shape index (κ2) is 6.87. The molecular formula is C13H15ClN2O2. The summed E-state index contributed by atoms with van der Waals surface area (Å²) < 4.78 is 5.05. The van der Waals surface area contributed by atoms with Crippen LogP contribution in [0.15, 0.2) is 18.2 Å². The number of carbonyl (C=O) groups excluding carboxylic acids is 1. The summed E-state index contributed by atoms with van der Waals surface area (Å²) in [5, 5.41) is 12.0. The summed E-state index contributed by atoms with van der Waals surface area (Å²) in [6.07, 6.45) is 1.34. The van der Waals surface area contributed by atoms with E-state index < -0.39 is 5.92 Å². The number of anilines is 1. The van der Waals surface area contributed by atoms with Crippen molar-refractivity contribution >= 4 is 23.2 Å². The van der Waals surface area contributed by atoms with Crippen LogP contribution in [0.3, 0.4) is 0 Å². The number of nitrogens with one attached hydrogen (secondary N) is 1. The lowest BCUT2D eigenvalue weighted by Crippen LogP contribution is -2.21. The van der Waals surface area contributed by atoms with Gasteiger partial charge in [0, 0.05) is 11.8 Å². The third-order valence-electron chi connectivity index (χ3n) is 2.47. The van der Waals surface area contributed by atoms with E-state index in [1.54, 1.807) is 18.2 Å². The van der Waals surface area contributed by atoms with E-state index in [1.807, 2.05) is 13.0 Å². The fraction of sp³-hybridized carbons (Fsp3) is 0.385. The maximum absolute atomic E-state index is 11.8. The Morgan fingerprint density at radius 2 is 2.33 bits per heavy atom. The maximum Gasteiger partial charge on any atom is 0.241 e. The van der Waals surface area contributed by atoms with Gasteiger partial charge >= 0.3 is 0 Å². The summed E-state index contributed by atoms with van der Waals surface area (Å²) >= 11 is 5.88. The highest BCUT2D eigenvalue weighted by Crippen LogP contribution is 2.27. The molecule has 1 amide bonds. The first-order valence-electron chi connectivity index (χ1n) is 5.66. The second-order valence-electron chi connectivity index (χ2n) is 3.81. The van der Waals surface area contributed by atoms with Crippen molar-refractivity contribution < 1.29 is 9.53 Å². The highest BCUT2D eigenvalue weighted by atomic mass is 35.5. The van der Waals surface area contributed by atoms with E-state index in [9.17, 15) is 4.79 Å². The van der Waals surface area contributed by atoms with Gasteiger partial charge in [-0.1, -0.05) is 24.9 Å². The third kappa shape index (κ3) is 3.64. The summed E-state index contributed by atoms with van der Waals surface area (Å²) in [4.78, 5) is 11.8. The zero-order valence-electron chi connectivity index (χ0n) is 10.4. The monoisotopic (exact) mass is 266 g/mol. The molecule has 0 aliphatic rings. The van der Waals surface area contributed by atoms with Crippen LogP contribution >= 0.6 is 11.6 Å². The van der Waals surface area contributed by atoms with Gasteiger partial charge in [0.05, 0.1) is 18.2 Å². The van der Waals surface area contributed by atoms with E-state index in [-0.39, 0.29) is 5.91 Å². The first-order chi connectivity index (χ1) is 8.62. The average molecular weight is 267 g/mol. The molecule has 0 saturated carbocycles. The molecule has 0 aromatic heterocycles. The molecule has 0 spiro atoms. The van der Waals surface area contributed by atoms with Gasteiger partial charge in [0.25, 0.3) is 0 Å². The lowest BCUT2D eigenvalue weighted by Gasteiger charge is -2.11. The molecule has 4 nitrogen and oxygen atoms in total. The molecule has 0 aliphatic carbocycles. The number of benzene rings is 1. The highest BCUT2D eigenvalue weighted by molar-refractivity contribution is 6.32. The third-order valence-corrected chi connectivity index (χ3v) is 2.78. The minimum Gasteiger partial charge on any atom is -0.495 e. The number of nitrogens with zero attached hydrogens (tertiary/aromatic N) is 1. The van der Waals surface area contributed by atoms with Gasteiger partial charge in [-0.3, -0.25) is 4.79 Å².